The molecule has 9 heteroatoms. The lowest BCUT2D eigenvalue weighted by Crippen LogP contribution is -2.27. The van der Waals surface area contributed by atoms with Crippen LogP contribution in [0.25, 0.3) is 0 Å². The highest BCUT2D eigenvalue weighted by Crippen LogP contribution is 2.30. The predicted octanol–water partition coefficient (Wildman–Crippen LogP) is 5.82. The minimum Gasteiger partial charge on any atom is -0.459 e. The predicted molar refractivity (Wildman–Crippen MR) is 140 cm³/mol. The number of hydrogen-bond donors (Lipinski definition) is 1. The van der Waals surface area contributed by atoms with E-state index in [1.54, 1.807) is 0 Å². The molecule has 0 radical (unpaired) electrons. The summed E-state index contributed by atoms with van der Waals surface area (Å²) in [7, 11) is -2.94. The minimum atomic E-state index is -2.94. The van der Waals surface area contributed by atoms with E-state index in [4.69, 9.17) is 18.5 Å². The molecule has 8 nitrogen and oxygen atoms in total. The van der Waals surface area contributed by atoms with Gasteiger partial charge in [0.05, 0.1) is 6.61 Å². The smallest absolute Gasteiger partial charge is 0.407 e. The Hall–Kier alpha value is -3.45. The summed E-state index contributed by atoms with van der Waals surface area (Å²) < 4.78 is 33.8. The molecule has 2 unspecified atom stereocenters. The second kappa shape index (κ2) is 16.3. The molecule has 0 fully saturated rings. The monoisotopic (exact) mass is 525 g/mol. The number of benzene rings is 3. The largest absolute Gasteiger partial charge is 0.459 e. The van der Waals surface area contributed by atoms with Gasteiger partial charge in [-0.15, -0.1) is 0 Å². The number of carbonyl (C=O) groups is 2. The van der Waals surface area contributed by atoms with Crippen LogP contribution in [-0.2, 0) is 47.7 Å². The van der Waals surface area contributed by atoms with Crippen LogP contribution in [0, 0.1) is 0 Å². The van der Waals surface area contributed by atoms with Gasteiger partial charge in [0.2, 0.25) is 0 Å². The number of unbranched alkanes of at least 4 members (excludes halogenated alkanes) is 1. The normalized spacial score (nSPS) is 12.3. The van der Waals surface area contributed by atoms with E-state index in [2.05, 4.69) is 5.32 Å². The van der Waals surface area contributed by atoms with Crippen LogP contribution in [0.15, 0.2) is 91.0 Å². The number of carbonyl (C=O) groups excluding carboxylic acids is 2. The molecule has 0 aromatic heterocycles. The van der Waals surface area contributed by atoms with Crippen molar-refractivity contribution in [1.82, 2.24) is 5.32 Å². The minimum absolute atomic E-state index is 0.0835. The maximum absolute atomic E-state index is 12.7. The second-order valence-electron chi connectivity index (χ2n) is 8.21. The van der Waals surface area contributed by atoms with Gasteiger partial charge in [0.15, 0.2) is 6.10 Å². The van der Waals surface area contributed by atoms with Crippen molar-refractivity contribution in [2.75, 3.05) is 6.54 Å². The third-order valence-electron chi connectivity index (χ3n) is 5.30. The Kier molecular flexibility index (Phi) is 12.4. The van der Waals surface area contributed by atoms with Gasteiger partial charge in [0, 0.05) is 6.54 Å². The highest BCUT2D eigenvalue weighted by atomic mass is 31.1. The van der Waals surface area contributed by atoms with Crippen LogP contribution in [0.5, 0.6) is 0 Å². The van der Waals surface area contributed by atoms with Crippen molar-refractivity contribution < 1.29 is 32.7 Å². The fourth-order valence-corrected chi connectivity index (χ4v) is 4.13. The summed E-state index contributed by atoms with van der Waals surface area (Å²) in [4.78, 5) is 24.6. The number of amides is 1. The molecule has 196 valence electrons. The number of ether oxygens (including phenoxy) is 2. The summed E-state index contributed by atoms with van der Waals surface area (Å²) in [5.74, 6) is -0.610. The van der Waals surface area contributed by atoms with Crippen molar-refractivity contribution >= 4 is 20.3 Å². The first-order valence-corrected chi connectivity index (χ1v) is 13.3. The maximum Gasteiger partial charge on any atom is 0.407 e. The summed E-state index contributed by atoms with van der Waals surface area (Å²) in [5, 5.41) is 2.68. The Morgan fingerprint density at radius 2 is 1.22 bits per heavy atom. The molecule has 0 saturated carbocycles. The first kappa shape index (κ1) is 28.1. The SMILES string of the molecule is O=C(NCCCCC(O[PH](=O)OCc1ccccc1)C(=O)OCc1ccccc1)OCc1ccccc1. The van der Waals surface area contributed by atoms with E-state index in [9.17, 15) is 14.2 Å². The van der Waals surface area contributed by atoms with Crippen LogP contribution in [0.2, 0.25) is 0 Å². The van der Waals surface area contributed by atoms with Crippen molar-refractivity contribution in [2.45, 2.75) is 45.2 Å². The average Bonchev–Trinajstić information content (AvgIpc) is 2.94. The van der Waals surface area contributed by atoms with Gasteiger partial charge in [-0.2, -0.15) is 0 Å². The molecule has 2 atom stereocenters. The van der Waals surface area contributed by atoms with Crippen molar-refractivity contribution in [3.05, 3.63) is 108 Å². The number of alkyl carbamates (subject to hydrolysis) is 1. The molecule has 3 aromatic carbocycles. The fraction of sp³-hybridized carbons (Fsp3) is 0.286. The maximum atomic E-state index is 12.7. The lowest BCUT2D eigenvalue weighted by atomic mass is 10.1. The van der Waals surface area contributed by atoms with Crippen molar-refractivity contribution in [3.8, 4) is 0 Å². The van der Waals surface area contributed by atoms with Crippen LogP contribution in [-0.4, -0.2) is 24.7 Å². The second-order valence-corrected chi connectivity index (χ2v) is 9.23. The summed E-state index contributed by atoms with van der Waals surface area (Å²) >= 11 is 0. The topological polar surface area (TPSA) is 100 Å². The van der Waals surface area contributed by atoms with Crippen LogP contribution in [0.4, 0.5) is 4.79 Å². The van der Waals surface area contributed by atoms with Crippen LogP contribution < -0.4 is 5.32 Å². The number of hydrogen-bond acceptors (Lipinski definition) is 7. The molecule has 1 amide bonds. The van der Waals surface area contributed by atoms with Crippen molar-refractivity contribution in [2.24, 2.45) is 0 Å². The van der Waals surface area contributed by atoms with Gasteiger partial charge < -0.3 is 19.3 Å². The summed E-state index contributed by atoms with van der Waals surface area (Å²) in [6.07, 6.45) is -0.204. The zero-order valence-electron chi connectivity index (χ0n) is 20.5. The molecule has 0 heterocycles. The van der Waals surface area contributed by atoms with Gasteiger partial charge in [-0.1, -0.05) is 91.0 Å². The van der Waals surface area contributed by atoms with E-state index in [0.29, 0.717) is 19.4 Å². The van der Waals surface area contributed by atoms with E-state index in [-0.39, 0.29) is 26.2 Å². The molecular formula is C28H32NO7P. The highest BCUT2D eigenvalue weighted by Gasteiger charge is 2.23. The highest BCUT2D eigenvalue weighted by molar-refractivity contribution is 7.33. The number of nitrogens with one attached hydrogen (secondary N) is 1. The number of rotatable bonds is 15. The number of esters is 1. The van der Waals surface area contributed by atoms with Gasteiger partial charge in [0.25, 0.3) is 0 Å². The van der Waals surface area contributed by atoms with Crippen LogP contribution in [0.1, 0.15) is 36.0 Å². The van der Waals surface area contributed by atoms with E-state index in [0.717, 1.165) is 16.7 Å². The quantitative estimate of drug-likeness (QED) is 0.152. The van der Waals surface area contributed by atoms with Crippen molar-refractivity contribution in [1.29, 1.82) is 0 Å². The van der Waals surface area contributed by atoms with Crippen LogP contribution >= 0.6 is 8.25 Å². The first-order valence-electron chi connectivity index (χ1n) is 12.1. The van der Waals surface area contributed by atoms with Gasteiger partial charge >= 0.3 is 20.3 Å². The van der Waals surface area contributed by atoms with Gasteiger partial charge in [0.1, 0.15) is 13.2 Å². The lowest BCUT2D eigenvalue weighted by Gasteiger charge is -2.17. The molecule has 0 saturated heterocycles. The van der Waals surface area contributed by atoms with Crippen molar-refractivity contribution in [3.63, 3.8) is 0 Å². The lowest BCUT2D eigenvalue weighted by molar-refractivity contribution is -0.154. The zero-order chi connectivity index (χ0) is 26.1. The Bertz CT molecular complexity index is 1100. The molecule has 0 aliphatic carbocycles. The van der Waals surface area contributed by atoms with Gasteiger partial charge in [-0.25, -0.2) is 9.59 Å². The summed E-state index contributed by atoms with van der Waals surface area (Å²) in [5.41, 5.74) is 2.58. The first-order chi connectivity index (χ1) is 18.1. The summed E-state index contributed by atoms with van der Waals surface area (Å²) in [6.45, 7) is 0.742. The molecule has 0 aliphatic rings. The molecule has 1 N–H and O–H groups in total. The van der Waals surface area contributed by atoms with E-state index in [1.165, 1.54) is 0 Å². The molecule has 3 rings (SSSR count). The van der Waals surface area contributed by atoms with Gasteiger partial charge in [-0.05, 0) is 36.0 Å². The van der Waals surface area contributed by atoms with E-state index in [1.807, 2.05) is 91.0 Å². The fourth-order valence-electron chi connectivity index (χ4n) is 3.33. The molecular weight excluding hydrogens is 493 g/mol. The molecule has 0 bridgehead atoms. The van der Waals surface area contributed by atoms with Gasteiger partial charge in [-0.3, -0.25) is 9.09 Å². The third-order valence-corrected chi connectivity index (χ3v) is 6.16. The Balaban J connectivity index is 1.42. The molecule has 0 aliphatic heterocycles. The average molecular weight is 526 g/mol. The standard InChI is InChI=1S/C28H32NO7P/c30-27(33-20-23-12-4-1-5-13-23)26(36-37(32)35-22-25-16-8-3-9-17-25)18-10-11-19-29-28(31)34-21-24-14-6-2-7-15-24/h1-9,12-17,26,37H,10-11,18-22H2,(H,29,31). The Labute approximate surface area is 217 Å². The third kappa shape index (κ3) is 11.4. The zero-order valence-corrected chi connectivity index (χ0v) is 21.5. The molecule has 37 heavy (non-hydrogen) atoms. The summed E-state index contributed by atoms with van der Waals surface area (Å²) in [6, 6.07) is 27.9. The van der Waals surface area contributed by atoms with E-state index >= 15 is 0 Å². The molecule has 3 aromatic rings. The van der Waals surface area contributed by atoms with Crippen LogP contribution in [0.3, 0.4) is 0 Å². The Morgan fingerprint density at radius 3 is 1.78 bits per heavy atom. The van der Waals surface area contributed by atoms with E-state index < -0.39 is 26.4 Å². The Morgan fingerprint density at radius 1 is 0.703 bits per heavy atom. The molecule has 0 spiro atoms.